The Labute approximate surface area is 112 Å². The summed E-state index contributed by atoms with van der Waals surface area (Å²) in [5, 5.41) is 0. The fourth-order valence-electron chi connectivity index (χ4n) is 1.91. The largest absolute Gasteiger partial charge is 0.346 e. The van der Waals surface area contributed by atoms with Gasteiger partial charge in [0.15, 0.2) is 5.78 Å². The third-order valence-electron chi connectivity index (χ3n) is 3.08. The summed E-state index contributed by atoms with van der Waals surface area (Å²) >= 11 is 0. The van der Waals surface area contributed by atoms with Crippen molar-refractivity contribution >= 4 is 17.4 Å². The first kappa shape index (κ1) is 13.1. The molecule has 0 spiro atoms. The van der Waals surface area contributed by atoms with Crippen LogP contribution >= 0.6 is 0 Å². The molecular formula is C15H16N2O2. The molecule has 4 nitrogen and oxygen atoms in total. The van der Waals surface area contributed by atoms with Gasteiger partial charge in [0.25, 0.3) is 5.91 Å². The standard InChI is InChI=1S/C15H16N2O2/c1-11(18)12-9-14(16(2)10-12)15(19)17(3)13-7-5-4-6-8-13/h4-10H,1-3H3. The molecule has 19 heavy (non-hydrogen) atoms. The number of aromatic nitrogens is 1. The van der Waals surface area contributed by atoms with E-state index in [-0.39, 0.29) is 11.7 Å². The molecule has 0 fully saturated rings. The number of anilines is 1. The molecule has 0 N–H and O–H groups in total. The average molecular weight is 256 g/mol. The number of ketones is 1. The summed E-state index contributed by atoms with van der Waals surface area (Å²) in [7, 11) is 3.48. The lowest BCUT2D eigenvalue weighted by molar-refractivity contribution is 0.0984. The van der Waals surface area contributed by atoms with Crippen molar-refractivity contribution in [1.29, 1.82) is 0 Å². The quantitative estimate of drug-likeness (QED) is 0.792. The number of Topliss-reactive ketones (excluding diaryl/α,β-unsaturated/α-hetero) is 1. The first-order chi connectivity index (χ1) is 9.00. The van der Waals surface area contributed by atoms with Crippen LogP contribution in [0.1, 0.15) is 27.8 Å². The predicted molar refractivity (Wildman–Crippen MR) is 74.6 cm³/mol. The van der Waals surface area contributed by atoms with Crippen molar-refractivity contribution in [3.8, 4) is 0 Å². The van der Waals surface area contributed by atoms with Crippen LogP contribution in [0.2, 0.25) is 0 Å². The Balaban J connectivity index is 2.32. The number of carbonyl (C=O) groups excluding carboxylic acids is 2. The summed E-state index contributed by atoms with van der Waals surface area (Å²) in [5.41, 5.74) is 1.86. The maximum atomic E-state index is 12.4. The van der Waals surface area contributed by atoms with Crippen LogP contribution in [-0.2, 0) is 7.05 Å². The predicted octanol–water partition coefficient (Wildman–Crippen LogP) is 2.50. The molecule has 0 aliphatic carbocycles. The monoisotopic (exact) mass is 256 g/mol. The van der Waals surface area contributed by atoms with Crippen LogP contribution in [0.4, 0.5) is 5.69 Å². The van der Waals surface area contributed by atoms with E-state index in [1.807, 2.05) is 30.3 Å². The van der Waals surface area contributed by atoms with Gasteiger partial charge in [-0.2, -0.15) is 0 Å². The fourth-order valence-corrected chi connectivity index (χ4v) is 1.91. The second-order valence-corrected chi connectivity index (χ2v) is 4.48. The van der Waals surface area contributed by atoms with Gasteiger partial charge in [0, 0.05) is 31.5 Å². The van der Waals surface area contributed by atoms with Crippen LogP contribution in [0.5, 0.6) is 0 Å². The number of hydrogen-bond acceptors (Lipinski definition) is 2. The molecular weight excluding hydrogens is 240 g/mol. The lowest BCUT2D eigenvalue weighted by Gasteiger charge is -2.17. The third-order valence-corrected chi connectivity index (χ3v) is 3.08. The van der Waals surface area contributed by atoms with Crippen molar-refractivity contribution in [1.82, 2.24) is 4.57 Å². The van der Waals surface area contributed by atoms with Gasteiger partial charge in [-0.15, -0.1) is 0 Å². The highest BCUT2D eigenvalue weighted by Crippen LogP contribution is 2.16. The van der Waals surface area contributed by atoms with Crippen molar-refractivity contribution in [2.24, 2.45) is 7.05 Å². The van der Waals surface area contributed by atoms with Gasteiger partial charge in [0.05, 0.1) is 0 Å². The van der Waals surface area contributed by atoms with Gasteiger partial charge in [-0.25, -0.2) is 0 Å². The molecule has 0 atom stereocenters. The number of aryl methyl sites for hydroxylation is 1. The lowest BCUT2D eigenvalue weighted by Crippen LogP contribution is -2.27. The molecule has 0 saturated heterocycles. The lowest BCUT2D eigenvalue weighted by atomic mass is 10.2. The smallest absolute Gasteiger partial charge is 0.274 e. The van der Waals surface area contributed by atoms with Gasteiger partial charge >= 0.3 is 0 Å². The Bertz CT molecular complexity index is 614. The number of benzene rings is 1. The van der Waals surface area contributed by atoms with Crippen molar-refractivity contribution < 1.29 is 9.59 Å². The molecule has 4 heteroatoms. The Kier molecular flexibility index (Phi) is 3.51. The molecule has 0 unspecified atom stereocenters. The van der Waals surface area contributed by atoms with E-state index in [1.54, 1.807) is 35.8 Å². The van der Waals surface area contributed by atoms with Gasteiger partial charge in [0.1, 0.15) is 5.69 Å². The Morgan fingerprint density at radius 2 is 1.79 bits per heavy atom. The van der Waals surface area contributed by atoms with Crippen LogP contribution in [0, 0.1) is 0 Å². The van der Waals surface area contributed by atoms with Crippen molar-refractivity contribution in [3.63, 3.8) is 0 Å². The summed E-state index contributed by atoms with van der Waals surface area (Å²) in [6.45, 7) is 1.49. The first-order valence-electron chi connectivity index (χ1n) is 6.01. The zero-order chi connectivity index (χ0) is 14.0. The van der Waals surface area contributed by atoms with E-state index in [4.69, 9.17) is 0 Å². The molecule has 0 aliphatic rings. The molecule has 2 rings (SSSR count). The molecule has 98 valence electrons. The van der Waals surface area contributed by atoms with Crippen LogP contribution < -0.4 is 4.90 Å². The number of carbonyl (C=O) groups is 2. The van der Waals surface area contributed by atoms with Crippen molar-refractivity contribution in [2.75, 3.05) is 11.9 Å². The molecule has 1 aromatic heterocycles. The van der Waals surface area contributed by atoms with Gasteiger partial charge in [-0.05, 0) is 25.1 Å². The van der Waals surface area contributed by atoms with Gasteiger partial charge < -0.3 is 9.47 Å². The number of nitrogens with zero attached hydrogens (tertiary/aromatic N) is 2. The first-order valence-corrected chi connectivity index (χ1v) is 6.01. The second-order valence-electron chi connectivity index (χ2n) is 4.48. The van der Waals surface area contributed by atoms with E-state index in [2.05, 4.69) is 0 Å². The average Bonchev–Trinajstić information content (AvgIpc) is 2.80. The fraction of sp³-hybridized carbons (Fsp3) is 0.200. The minimum absolute atomic E-state index is 0.0444. The molecule has 1 heterocycles. The van der Waals surface area contributed by atoms with E-state index < -0.39 is 0 Å². The molecule has 1 aromatic carbocycles. The SMILES string of the molecule is CC(=O)c1cc(C(=O)N(C)c2ccccc2)n(C)c1. The van der Waals surface area contributed by atoms with Gasteiger partial charge in [-0.1, -0.05) is 18.2 Å². The van der Waals surface area contributed by atoms with Crippen LogP contribution in [0.25, 0.3) is 0 Å². The van der Waals surface area contributed by atoms with E-state index in [9.17, 15) is 9.59 Å². The summed E-state index contributed by atoms with van der Waals surface area (Å²) in [4.78, 5) is 25.3. The molecule has 0 radical (unpaired) electrons. The minimum atomic E-state index is -0.138. The van der Waals surface area contributed by atoms with E-state index >= 15 is 0 Å². The Morgan fingerprint density at radius 1 is 1.16 bits per heavy atom. The summed E-state index contributed by atoms with van der Waals surface area (Å²) < 4.78 is 1.68. The van der Waals surface area contributed by atoms with E-state index in [0.717, 1.165) is 5.69 Å². The molecule has 0 aliphatic heterocycles. The molecule has 2 aromatic rings. The minimum Gasteiger partial charge on any atom is -0.346 e. The number of amides is 1. The van der Waals surface area contributed by atoms with Gasteiger partial charge in [0.2, 0.25) is 0 Å². The van der Waals surface area contributed by atoms with Crippen LogP contribution in [-0.4, -0.2) is 23.3 Å². The zero-order valence-corrected chi connectivity index (χ0v) is 11.3. The van der Waals surface area contributed by atoms with Crippen LogP contribution in [0.3, 0.4) is 0 Å². The maximum absolute atomic E-state index is 12.4. The molecule has 0 bridgehead atoms. The Morgan fingerprint density at radius 3 is 2.32 bits per heavy atom. The third kappa shape index (κ3) is 2.57. The summed E-state index contributed by atoms with van der Waals surface area (Å²) in [5.74, 6) is -0.182. The van der Waals surface area contributed by atoms with Crippen LogP contribution in [0.15, 0.2) is 42.6 Å². The maximum Gasteiger partial charge on any atom is 0.274 e. The van der Waals surface area contributed by atoms with Crippen molar-refractivity contribution in [2.45, 2.75) is 6.92 Å². The van der Waals surface area contributed by atoms with Crippen molar-refractivity contribution in [3.05, 3.63) is 53.9 Å². The normalized spacial score (nSPS) is 10.3. The van der Waals surface area contributed by atoms with E-state index in [0.29, 0.717) is 11.3 Å². The van der Waals surface area contributed by atoms with E-state index in [1.165, 1.54) is 6.92 Å². The number of para-hydroxylation sites is 1. The number of hydrogen-bond donors (Lipinski definition) is 0. The molecule has 1 amide bonds. The topological polar surface area (TPSA) is 42.3 Å². The summed E-state index contributed by atoms with van der Waals surface area (Å²) in [6, 6.07) is 11.0. The number of rotatable bonds is 3. The molecule has 0 saturated carbocycles. The highest BCUT2D eigenvalue weighted by Gasteiger charge is 2.18. The van der Waals surface area contributed by atoms with Gasteiger partial charge in [-0.3, -0.25) is 9.59 Å². The summed E-state index contributed by atoms with van der Waals surface area (Å²) in [6.07, 6.45) is 1.67. The second kappa shape index (κ2) is 5.10. The highest BCUT2D eigenvalue weighted by atomic mass is 16.2. The zero-order valence-electron chi connectivity index (χ0n) is 11.3. The Hall–Kier alpha value is -2.36. The highest BCUT2D eigenvalue weighted by molar-refractivity contribution is 6.06.